The lowest BCUT2D eigenvalue weighted by Crippen LogP contribution is -2.20. The molecule has 0 aliphatic carbocycles. The van der Waals surface area contributed by atoms with E-state index in [1.54, 1.807) is 18.3 Å². The summed E-state index contributed by atoms with van der Waals surface area (Å²) >= 11 is 12.9. The van der Waals surface area contributed by atoms with E-state index in [-0.39, 0.29) is 0 Å². The van der Waals surface area contributed by atoms with Crippen LogP contribution in [0, 0.1) is 6.92 Å². The normalized spacial score (nSPS) is 10.3. The van der Waals surface area contributed by atoms with E-state index in [1.807, 2.05) is 37.3 Å². The molecule has 2 N–H and O–H groups in total. The third-order valence-electron chi connectivity index (χ3n) is 3.77. The molecule has 0 aliphatic heterocycles. The minimum Gasteiger partial charge on any atom is -0.465 e. The standard InChI is InChI=1S/C19H16ClN3O2S2/c1-11-14(12-7-4-3-5-8-12)15(18(24)25-2)17(27-11)23-19(26)22-13-9-6-10-21-16(13)20/h3-10H,1-2H3,(H2,22,23,26). The lowest BCUT2D eigenvalue weighted by molar-refractivity contribution is 0.0603. The molecule has 0 fully saturated rings. The molecule has 0 amide bonds. The van der Waals surface area contributed by atoms with Crippen LogP contribution in [0.2, 0.25) is 5.15 Å². The Labute approximate surface area is 171 Å². The summed E-state index contributed by atoms with van der Waals surface area (Å²) in [6.07, 6.45) is 1.59. The zero-order chi connectivity index (χ0) is 19.4. The van der Waals surface area contributed by atoms with Gasteiger partial charge in [0.15, 0.2) is 10.3 Å². The fourth-order valence-electron chi connectivity index (χ4n) is 2.62. The fraction of sp³-hybridized carbons (Fsp3) is 0.105. The van der Waals surface area contributed by atoms with Crippen molar-refractivity contribution in [1.82, 2.24) is 4.98 Å². The molecule has 2 aromatic heterocycles. The predicted octanol–water partition coefficient (Wildman–Crippen LogP) is 5.37. The molecule has 5 nitrogen and oxygen atoms in total. The Morgan fingerprint density at radius 2 is 1.93 bits per heavy atom. The maximum absolute atomic E-state index is 12.5. The van der Waals surface area contributed by atoms with Crippen molar-refractivity contribution >= 4 is 56.9 Å². The molecule has 1 aromatic carbocycles. The third kappa shape index (κ3) is 4.27. The Hall–Kier alpha value is -2.48. The van der Waals surface area contributed by atoms with Gasteiger partial charge in [0.05, 0.1) is 12.8 Å². The molecule has 0 bridgehead atoms. The second-order valence-electron chi connectivity index (χ2n) is 5.52. The summed E-state index contributed by atoms with van der Waals surface area (Å²) in [5, 5.41) is 7.29. The Kier molecular flexibility index (Phi) is 6.05. The lowest BCUT2D eigenvalue weighted by atomic mass is 10.0. The number of carbonyl (C=O) groups excluding carboxylic acids is 1. The molecule has 8 heteroatoms. The van der Waals surface area contributed by atoms with Crippen LogP contribution in [0.5, 0.6) is 0 Å². The van der Waals surface area contributed by atoms with Crippen molar-refractivity contribution in [2.24, 2.45) is 0 Å². The van der Waals surface area contributed by atoms with Crippen molar-refractivity contribution in [3.8, 4) is 11.1 Å². The second kappa shape index (κ2) is 8.47. The van der Waals surface area contributed by atoms with Gasteiger partial charge in [0.1, 0.15) is 10.6 Å². The molecule has 0 saturated carbocycles. The van der Waals surface area contributed by atoms with Crippen LogP contribution in [0.1, 0.15) is 15.2 Å². The summed E-state index contributed by atoms with van der Waals surface area (Å²) in [6.45, 7) is 1.96. The van der Waals surface area contributed by atoms with Crippen molar-refractivity contribution in [3.63, 3.8) is 0 Å². The highest BCUT2D eigenvalue weighted by atomic mass is 35.5. The van der Waals surface area contributed by atoms with E-state index in [0.717, 1.165) is 16.0 Å². The van der Waals surface area contributed by atoms with Crippen molar-refractivity contribution in [2.45, 2.75) is 6.92 Å². The summed E-state index contributed by atoms with van der Waals surface area (Å²) < 4.78 is 5.00. The van der Waals surface area contributed by atoms with Gasteiger partial charge < -0.3 is 15.4 Å². The molecule has 2 heterocycles. The number of methoxy groups -OCH3 is 1. The second-order valence-corrected chi connectivity index (χ2v) is 7.51. The number of aryl methyl sites for hydroxylation is 1. The molecule has 3 rings (SSSR count). The number of thiophene rings is 1. The van der Waals surface area contributed by atoms with Crippen LogP contribution >= 0.6 is 35.2 Å². The highest BCUT2D eigenvalue weighted by molar-refractivity contribution is 7.80. The minimum absolute atomic E-state index is 0.302. The van der Waals surface area contributed by atoms with Gasteiger partial charge in [-0.1, -0.05) is 41.9 Å². The molecule has 0 spiro atoms. The molecule has 0 radical (unpaired) electrons. The summed E-state index contributed by atoms with van der Waals surface area (Å²) in [4.78, 5) is 17.5. The van der Waals surface area contributed by atoms with E-state index in [9.17, 15) is 4.79 Å². The summed E-state index contributed by atoms with van der Waals surface area (Å²) in [5.41, 5.74) is 2.80. The monoisotopic (exact) mass is 417 g/mol. The van der Waals surface area contributed by atoms with Crippen LogP contribution in [-0.2, 0) is 4.74 Å². The van der Waals surface area contributed by atoms with Gasteiger partial charge in [0.2, 0.25) is 0 Å². The molecule has 0 aliphatic rings. The smallest absolute Gasteiger partial charge is 0.341 e. The number of aromatic nitrogens is 1. The van der Waals surface area contributed by atoms with Gasteiger partial charge >= 0.3 is 5.97 Å². The number of nitrogens with one attached hydrogen (secondary N) is 2. The van der Waals surface area contributed by atoms with Crippen molar-refractivity contribution in [3.05, 3.63) is 64.3 Å². The quantitative estimate of drug-likeness (QED) is 0.338. The van der Waals surface area contributed by atoms with Crippen LogP contribution < -0.4 is 10.6 Å². The fourth-order valence-corrected chi connectivity index (χ4v) is 4.13. The van der Waals surface area contributed by atoms with Gasteiger partial charge in [-0.3, -0.25) is 0 Å². The van der Waals surface area contributed by atoms with Crippen molar-refractivity contribution < 1.29 is 9.53 Å². The number of anilines is 2. The first-order valence-corrected chi connectivity index (χ1v) is 9.57. The van der Waals surface area contributed by atoms with Gasteiger partial charge in [-0.05, 0) is 36.8 Å². The van der Waals surface area contributed by atoms with Crippen LogP contribution in [-0.4, -0.2) is 23.2 Å². The average Bonchev–Trinajstić information content (AvgIpc) is 2.99. The number of esters is 1. The number of nitrogens with zero attached hydrogens (tertiary/aromatic N) is 1. The molecule has 0 atom stereocenters. The number of hydrogen-bond donors (Lipinski definition) is 2. The van der Waals surface area contributed by atoms with Gasteiger partial charge in [-0.25, -0.2) is 9.78 Å². The van der Waals surface area contributed by atoms with Gasteiger partial charge in [0.25, 0.3) is 0 Å². The first kappa shape index (κ1) is 19.3. The number of ether oxygens (including phenoxy) is 1. The zero-order valence-electron chi connectivity index (χ0n) is 14.6. The van der Waals surface area contributed by atoms with Crippen LogP contribution in [0.15, 0.2) is 48.7 Å². The molecule has 138 valence electrons. The van der Waals surface area contributed by atoms with Gasteiger partial charge in [-0.2, -0.15) is 0 Å². The first-order chi connectivity index (χ1) is 13.0. The third-order valence-corrected chi connectivity index (χ3v) is 5.30. The molecule has 27 heavy (non-hydrogen) atoms. The number of rotatable bonds is 4. The molecule has 0 unspecified atom stereocenters. The Bertz CT molecular complexity index is 990. The largest absolute Gasteiger partial charge is 0.465 e. The van der Waals surface area contributed by atoms with E-state index in [4.69, 9.17) is 28.6 Å². The highest BCUT2D eigenvalue weighted by Crippen LogP contribution is 2.40. The zero-order valence-corrected chi connectivity index (χ0v) is 17.0. The first-order valence-electron chi connectivity index (χ1n) is 7.97. The number of hydrogen-bond acceptors (Lipinski definition) is 5. The number of carbonyl (C=O) groups is 1. The summed E-state index contributed by atoms with van der Waals surface area (Å²) in [6, 6.07) is 13.2. The average molecular weight is 418 g/mol. The van der Waals surface area contributed by atoms with E-state index in [1.165, 1.54) is 18.4 Å². The summed E-state index contributed by atoms with van der Waals surface area (Å²) in [7, 11) is 1.36. The Morgan fingerprint density at radius 3 is 2.59 bits per heavy atom. The van der Waals surface area contributed by atoms with E-state index in [2.05, 4.69) is 15.6 Å². The van der Waals surface area contributed by atoms with Gasteiger partial charge in [0, 0.05) is 16.6 Å². The molecule has 0 saturated heterocycles. The van der Waals surface area contributed by atoms with E-state index in [0.29, 0.717) is 26.5 Å². The van der Waals surface area contributed by atoms with Gasteiger partial charge in [-0.15, -0.1) is 11.3 Å². The molecular weight excluding hydrogens is 402 g/mol. The van der Waals surface area contributed by atoms with Crippen LogP contribution in [0.3, 0.4) is 0 Å². The number of benzene rings is 1. The molecule has 3 aromatic rings. The lowest BCUT2D eigenvalue weighted by Gasteiger charge is -2.12. The van der Waals surface area contributed by atoms with E-state index >= 15 is 0 Å². The SMILES string of the molecule is COC(=O)c1c(NC(=S)Nc2cccnc2Cl)sc(C)c1-c1ccccc1. The maximum atomic E-state index is 12.5. The number of halogens is 1. The topological polar surface area (TPSA) is 63.2 Å². The number of pyridine rings is 1. The van der Waals surface area contributed by atoms with E-state index < -0.39 is 5.97 Å². The Morgan fingerprint density at radius 1 is 1.19 bits per heavy atom. The van der Waals surface area contributed by atoms with Crippen LogP contribution in [0.4, 0.5) is 10.7 Å². The van der Waals surface area contributed by atoms with Crippen LogP contribution in [0.25, 0.3) is 11.1 Å². The predicted molar refractivity (Wildman–Crippen MR) is 115 cm³/mol. The molecular formula is C19H16ClN3O2S2. The van der Waals surface area contributed by atoms with Crippen molar-refractivity contribution in [1.29, 1.82) is 0 Å². The highest BCUT2D eigenvalue weighted by Gasteiger charge is 2.24. The van der Waals surface area contributed by atoms with Crippen molar-refractivity contribution in [2.75, 3.05) is 17.7 Å². The Balaban J connectivity index is 1.95. The summed E-state index contributed by atoms with van der Waals surface area (Å²) in [5.74, 6) is -0.428. The number of thiocarbonyl (C=S) groups is 1. The maximum Gasteiger partial charge on any atom is 0.341 e. The minimum atomic E-state index is -0.428.